The van der Waals surface area contributed by atoms with Gasteiger partial charge in [0.05, 0.1) is 5.69 Å². The Kier molecular flexibility index (Phi) is 3.14. The summed E-state index contributed by atoms with van der Waals surface area (Å²) in [7, 11) is 0. The van der Waals surface area contributed by atoms with Crippen molar-refractivity contribution in [1.82, 2.24) is 10.3 Å². The van der Waals surface area contributed by atoms with Crippen molar-refractivity contribution >= 4 is 33.1 Å². The predicted molar refractivity (Wildman–Crippen MR) is 78.3 cm³/mol. The molecule has 1 saturated carbocycles. The number of carbonyl (C=O) groups excluding carboxylic acids is 1. The number of nitrogens with zero attached hydrogens (tertiary/aromatic N) is 1. The van der Waals surface area contributed by atoms with E-state index in [4.69, 9.17) is 5.73 Å². The monoisotopic (exact) mass is 275 g/mol. The third kappa shape index (κ3) is 2.30. The molecule has 2 aromatic rings. The molecular weight excluding hydrogens is 258 g/mol. The fraction of sp³-hybridized carbons (Fsp3) is 0.429. The zero-order valence-electron chi connectivity index (χ0n) is 10.8. The van der Waals surface area contributed by atoms with Gasteiger partial charge in [-0.05, 0) is 37.3 Å². The van der Waals surface area contributed by atoms with Crippen LogP contribution < -0.4 is 11.1 Å². The van der Waals surface area contributed by atoms with E-state index in [0.717, 1.165) is 23.1 Å². The third-order valence-electron chi connectivity index (χ3n) is 3.74. The molecule has 0 aromatic carbocycles. The maximum absolute atomic E-state index is 12.3. The highest BCUT2D eigenvalue weighted by atomic mass is 32.1. The fourth-order valence-electron chi connectivity index (χ4n) is 2.71. The summed E-state index contributed by atoms with van der Waals surface area (Å²) in [6.45, 7) is 2.23. The lowest BCUT2D eigenvalue weighted by Crippen LogP contribution is -2.32. The third-order valence-corrected chi connectivity index (χ3v) is 4.87. The number of nitrogens with two attached hydrogens (primary N) is 1. The van der Waals surface area contributed by atoms with Crippen LogP contribution in [0.1, 0.15) is 35.9 Å². The van der Waals surface area contributed by atoms with Gasteiger partial charge < -0.3 is 11.1 Å². The first-order valence-corrected chi connectivity index (χ1v) is 7.40. The zero-order valence-corrected chi connectivity index (χ0v) is 11.7. The van der Waals surface area contributed by atoms with Crippen LogP contribution in [0.4, 0.5) is 5.69 Å². The first-order chi connectivity index (χ1) is 9.15. The molecule has 1 aliphatic carbocycles. The van der Waals surface area contributed by atoms with Crippen LogP contribution in [0.15, 0.2) is 18.3 Å². The number of hydrogen-bond acceptors (Lipinski definition) is 4. The van der Waals surface area contributed by atoms with Crippen molar-refractivity contribution in [2.75, 3.05) is 5.73 Å². The van der Waals surface area contributed by atoms with Crippen LogP contribution in [0.5, 0.6) is 0 Å². The summed E-state index contributed by atoms with van der Waals surface area (Å²) in [6.07, 6.45) is 5.04. The SMILES string of the molecule is CC1CCC(NC(=O)c2sc3ncccc3c2N)C1. The number of amides is 1. The van der Waals surface area contributed by atoms with E-state index in [1.165, 1.54) is 17.8 Å². The van der Waals surface area contributed by atoms with Crippen LogP contribution in [0.2, 0.25) is 0 Å². The predicted octanol–water partition coefficient (Wildman–Crippen LogP) is 2.80. The highest BCUT2D eigenvalue weighted by Gasteiger charge is 2.25. The van der Waals surface area contributed by atoms with Crippen molar-refractivity contribution in [1.29, 1.82) is 0 Å². The van der Waals surface area contributed by atoms with E-state index >= 15 is 0 Å². The number of fused-ring (bicyclic) bond motifs is 1. The lowest BCUT2D eigenvalue weighted by atomic mass is 10.1. The van der Waals surface area contributed by atoms with Gasteiger partial charge in [-0.25, -0.2) is 4.98 Å². The van der Waals surface area contributed by atoms with Gasteiger partial charge in [-0.3, -0.25) is 4.79 Å². The van der Waals surface area contributed by atoms with Crippen molar-refractivity contribution in [2.45, 2.75) is 32.2 Å². The number of pyridine rings is 1. The van der Waals surface area contributed by atoms with Crippen LogP contribution in [0.3, 0.4) is 0 Å². The quantitative estimate of drug-likeness (QED) is 0.885. The molecule has 1 fully saturated rings. The number of carbonyl (C=O) groups is 1. The van der Waals surface area contributed by atoms with Crippen molar-refractivity contribution < 1.29 is 4.79 Å². The van der Waals surface area contributed by atoms with Gasteiger partial charge in [-0.2, -0.15) is 0 Å². The Morgan fingerprint density at radius 2 is 2.37 bits per heavy atom. The number of hydrogen-bond donors (Lipinski definition) is 2. The van der Waals surface area contributed by atoms with Crippen molar-refractivity contribution in [3.63, 3.8) is 0 Å². The average Bonchev–Trinajstić information content (AvgIpc) is 2.94. The highest BCUT2D eigenvalue weighted by Crippen LogP contribution is 2.32. The van der Waals surface area contributed by atoms with E-state index in [-0.39, 0.29) is 5.91 Å². The van der Waals surface area contributed by atoms with E-state index in [2.05, 4.69) is 17.2 Å². The standard InChI is InChI=1S/C14H17N3OS/c1-8-4-5-9(7-8)17-13(18)12-11(15)10-3-2-6-16-14(10)19-12/h2-3,6,8-9H,4-5,7,15H2,1H3,(H,17,18). The molecule has 1 aliphatic rings. The van der Waals surface area contributed by atoms with Gasteiger partial charge >= 0.3 is 0 Å². The smallest absolute Gasteiger partial charge is 0.263 e. The molecule has 2 aromatic heterocycles. The van der Waals surface area contributed by atoms with Gasteiger partial charge in [0.1, 0.15) is 9.71 Å². The van der Waals surface area contributed by atoms with Crippen LogP contribution >= 0.6 is 11.3 Å². The molecule has 1 amide bonds. The normalized spacial score (nSPS) is 22.8. The Hall–Kier alpha value is -1.62. The summed E-state index contributed by atoms with van der Waals surface area (Å²) < 4.78 is 0. The van der Waals surface area contributed by atoms with E-state index in [1.54, 1.807) is 6.20 Å². The lowest BCUT2D eigenvalue weighted by molar-refractivity contribution is 0.0942. The molecule has 19 heavy (non-hydrogen) atoms. The topological polar surface area (TPSA) is 68.0 Å². The Morgan fingerprint density at radius 1 is 1.53 bits per heavy atom. The number of rotatable bonds is 2. The summed E-state index contributed by atoms with van der Waals surface area (Å²) in [5.74, 6) is 0.645. The van der Waals surface area contributed by atoms with Crippen molar-refractivity contribution in [3.8, 4) is 0 Å². The molecule has 5 heteroatoms. The molecule has 3 rings (SSSR count). The number of nitrogens with one attached hydrogen (secondary N) is 1. The van der Waals surface area contributed by atoms with E-state index in [1.807, 2.05) is 12.1 Å². The fourth-order valence-corrected chi connectivity index (χ4v) is 3.68. The molecule has 0 spiro atoms. The minimum Gasteiger partial charge on any atom is -0.397 e. The summed E-state index contributed by atoms with van der Waals surface area (Å²) >= 11 is 1.37. The second-order valence-electron chi connectivity index (χ2n) is 5.29. The molecule has 0 saturated heterocycles. The molecule has 3 N–H and O–H groups in total. The number of anilines is 1. The zero-order chi connectivity index (χ0) is 13.4. The van der Waals surface area contributed by atoms with Crippen LogP contribution in [-0.2, 0) is 0 Å². The maximum atomic E-state index is 12.3. The van der Waals surface area contributed by atoms with Crippen molar-refractivity contribution in [3.05, 3.63) is 23.2 Å². The Morgan fingerprint density at radius 3 is 3.05 bits per heavy atom. The summed E-state index contributed by atoms with van der Waals surface area (Å²) in [5, 5.41) is 3.96. The van der Waals surface area contributed by atoms with Gasteiger partial charge in [0.2, 0.25) is 0 Å². The van der Waals surface area contributed by atoms with E-state index < -0.39 is 0 Å². The van der Waals surface area contributed by atoms with Crippen LogP contribution in [0.25, 0.3) is 10.2 Å². The molecule has 100 valence electrons. The minimum absolute atomic E-state index is 0.0559. The molecule has 2 atom stereocenters. The van der Waals surface area contributed by atoms with Gasteiger partial charge in [-0.1, -0.05) is 6.92 Å². The van der Waals surface area contributed by atoms with Crippen molar-refractivity contribution in [2.24, 2.45) is 5.92 Å². The molecule has 2 heterocycles. The van der Waals surface area contributed by atoms with E-state index in [0.29, 0.717) is 22.5 Å². The molecular formula is C14H17N3OS. The second-order valence-corrected chi connectivity index (χ2v) is 6.29. The first kappa shape index (κ1) is 12.4. The van der Waals surface area contributed by atoms with Gasteiger partial charge in [0.25, 0.3) is 5.91 Å². The van der Waals surface area contributed by atoms with Gasteiger partial charge in [0, 0.05) is 17.6 Å². The highest BCUT2D eigenvalue weighted by molar-refractivity contribution is 7.21. The van der Waals surface area contributed by atoms with Gasteiger partial charge in [0.15, 0.2) is 0 Å². The Bertz CT molecular complexity index is 622. The minimum atomic E-state index is -0.0559. The Balaban J connectivity index is 1.83. The largest absolute Gasteiger partial charge is 0.397 e. The summed E-state index contributed by atoms with van der Waals surface area (Å²) in [4.78, 5) is 18.0. The lowest BCUT2D eigenvalue weighted by Gasteiger charge is -2.11. The second kappa shape index (κ2) is 4.81. The van der Waals surface area contributed by atoms with Crippen LogP contribution in [0, 0.1) is 5.92 Å². The molecule has 0 bridgehead atoms. The summed E-state index contributed by atoms with van der Waals surface area (Å²) in [6, 6.07) is 4.04. The molecule has 4 nitrogen and oxygen atoms in total. The van der Waals surface area contributed by atoms with E-state index in [9.17, 15) is 4.79 Å². The average molecular weight is 275 g/mol. The molecule has 0 aliphatic heterocycles. The number of aromatic nitrogens is 1. The Labute approximate surface area is 116 Å². The maximum Gasteiger partial charge on any atom is 0.263 e. The van der Waals surface area contributed by atoms with Gasteiger partial charge in [-0.15, -0.1) is 11.3 Å². The number of thiophene rings is 1. The molecule has 0 radical (unpaired) electrons. The first-order valence-electron chi connectivity index (χ1n) is 6.59. The van der Waals surface area contributed by atoms with Crippen LogP contribution in [-0.4, -0.2) is 16.9 Å². The number of nitrogen functional groups attached to an aromatic ring is 1. The summed E-state index contributed by atoms with van der Waals surface area (Å²) in [5.41, 5.74) is 6.60. The molecule has 2 unspecified atom stereocenters.